The molecule has 0 aliphatic carbocycles. The molecule has 2 nitrogen and oxygen atoms in total. The molecule has 0 fully saturated rings. The second-order valence-electron chi connectivity index (χ2n) is 6.86. The molecule has 0 unspecified atom stereocenters. The number of hydrogen-bond acceptors (Lipinski definition) is 1. The van der Waals surface area contributed by atoms with Gasteiger partial charge in [-0.05, 0) is 30.0 Å². The number of aryl methyl sites for hydroxylation is 1. The van der Waals surface area contributed by atoms with Gasteiger partial charge < -0.3 is 9.30 Å². The fraction of sp³-hybridized carbons (Fsp3) is 0.368. The van der Waals surface area contributed by atoms with E-state index < -0.39 is 0 Å². The van der Waals surface area contributed by atoms with Crippen LogP contribution < -0.4 is 4.74 Å². The number of para-hydroxylation sites is 1. The van der Waals surface area contributed by atoms with Gasteiger partial charge in [0.2, 0.25) is 0 Å². The van der Waals surface area contributed by atoms with Crippen molar-refractivity contribution >= 4 is 21.8 Å². The molecule has 0 saturated heterocycles. The van der Waals surface area contributed by atoms with E-state index in [0.29, 0.717) is 5.41 Å². The summed E-state index contributed by atoms with van der Waals surface area (Å²) >= 11 is 0. The predicted molar refractivity (Wildman–Crippen MR) is 90.1 cm³/mol. The summed E-state index contributed by atoms with van der Waals surface area (Å²) in [5.41, 5.74) is 2.90. The van der Waals surface area contributed by atoms with Crippen LogP contribution in [-0.2, 0) is 6.54 Å². The van der Waals surface area contributed by atoms with Crippen molar-refractivity contribution in [2.24, 2.45) is 5.41 Å². The van der Waals surface area contributed by atoms with Gasteiger partial charge in [0.25, 0.3) is 0 Å². The summed E-state index contributed by atoms with van der Waals surface area (Å²) < 4.78 is 7.83. The third-order valence-electron chi connectivity index (χ3n) is 4.07. The van der Waals surface area contributed by atoms with Gasteiger partial charge in [0, 0.05) is 28.9 Å². The summed E-state index contributed by atoms with van der Waals surface area (Å²) in [6.45, 7) is 7.91. The Morgan fingerprint density at radius 2 is 1.67 bits per heavy atom. The first-order chi connectivity index (χ1) is 9.99. The first-order valence-corrected chi connectivity index (χ1v) is 7.54. The quantitative estimate of drug-likeness (QED) is 0.640. The molecule has 0 aliphatic rings. The van der Waals surface area contributed by atoms with Crippen LogP contribution in [0.15, 0.2) is 42.5 Å². The van der Waals surface area contributed by atoms with Gasteiger partial charge >= 0.3 is 0 Å². The number of ether oxygens (including phenoxy) is 1. The highest BCUT2D eigenvalue weighted by atomic mass is 16.5. The maximum absolute atomic E-state index is 5.41. The van der Waals surface area contributed by atoms with E-state index in [4.69, 9.17) is 4.74 Å². The monoisotopic (exact) mass is 281 g/mol. The molecule has 3 rings (SSSR count). The average Bonchev–Trinajstić information content (AvgIpc) is 2.77. The lowest BCUT2D eigenvalue weighted by molar-refractivity contribution is 0.355. The summed E-state index contributed by atoms with van der Waals surface area (Å²) in [5, 5.41) is 2.63. The van der Waals surface area contributed by atoms with Crippen LogP contribution in [0.25, 0.3) is 21.8 Å². The molecule has 0 bridgehead atoms. The summed E-state index contributed by atoms with van der Waals surface area (Å²) in [6, 6.07) is 15.0. The van der Waals surface area contributed by atoms with E-state index >= 15 is 0 Å². The normalized spacial score (nSPS) is 12.2. The maximum atomic E-state index is 5.41. The summed E-state index contributed by atoms with van der Waals surface area (Å²) in [6.07, 6.45) is 1.15. The van der Waals surface area contributed by atoms with Crippen molar-refractivity contribution in [3.63, 3.8) is 0 Å². The molecule has 0 N–H and O–H groups in total. The number of hydrogen-bond donors (Lipinski definition) is 0. The fourth-order valence-corrected chi connectivity index (χ4v) is 2.84. The summed E-state index contributed by atoms with van der Waals surface area (Å²) in [4.78, 5) is 0. The molecule has 0 aliphatic heterocycles. The zero-order valence-electron chi connectivity index (χ0n) is 13.3. The molecule has 0 spiro atoms. The Bertz CT molecular complexity index is 777. The first kappa shape index (κ1) is 14.0. The van der Waals surface area contributed by atoms with Crippen molar-refractivity contribution in [1.29, 1.82) is 0 Å². The smallest absolute Gasteiger partial charge is 0.120 e. The Morgan fingerprint density at radius 3 is 2.38 bits per heavy atom. The van der Waals surface area contributed by atoms with Crippen molar-refractivity contribution in [2.45, 2.75) is 33.7 Å². The largest absolute Gasteiger partial charge is 0.497 e. The Balaban J connectivity index is 2.21. The minimum atomic E-state index is 0.330. The molecular weight excluding hydrogens is 258 g/mol. The summed E-state index contributed by atoms with van der Waals surface area (Å²) in [7, 11) is 1.73. The lowest BCUT2D eigenvalue weighted by Crippen LogP contribution is -2.10. The third kappa shape index (κ3) is 2.63. The fourth-order valence-electron chi connectivity index (χ4n) is 2.84. The van der Waals surface area contributed by atoms with Crippen molar-refractivity contribution in [3.05, 3.63) is 42.5 Å². The minimum absolute atomic E-state index is 0.330. The van der Waals surface area contributed by atoms with Crippen LogP contribution in [0.3, 0.4) is 0 Å². The Labute approximate surface area is 126 Å². The van der Waals surface area contributed by atoms with Gasteiger partial charge in [0.1, 0.15) is 5.75 Å². The van der Waals surface area contributed by atoms with Crippen molar-refractivity contribution in [1.82, 2.24) is 4.57 Å². The maximum Gasteiger partial charge on any atom is 0.120 e. The van der Waals surface area contributed by atoms with E-state index in [0.717, 1.165) is 18.7 Å². The summed E-state index contributed by atoms with van der Waals surface area (Å²) in [5.74, 6) is 0.919. The highest BCUT2D eigenvalue weighted by Crippen LogP contribution is 2.32. The zero-order chi connectivity index (χ0) is 15.0. The SMILES string of the molecule is COc1ccc2c3ccccc3n(CCC(C)(C)C)c2c1. The van der Waals surface area contributed by atoms with Crippen LogP contribution in [0, 0.1) is 5.41 Å². The van der Waals surface area contributed by atoms with E-state index in [1.54, 1.807) is 7.11 Å². The predicted octanol–water partition coefficient (Wildman–Crippen LogP) is 5.24. The highest BCUT2D eigenvalue weighted by Gasteiger charge is 2.14. The molecule has 3 aromatic rings. The first-order valence-electron chi connectivity index (χ1n) is 7.54. The molecule has 0 amide bonds. The highest BCUT2D eigenvalue weighted by molar-refractivity contribution is 6.08. The third-order valence-corrected chi connectivity index (χ3v) is 4.07. The number of rotatable bonds is 3. The van der Waals surface area contributed by atoms with Crippen LogP contribution in [0.1, 0.15) is 27.2 Å². The van der Waals surface area contributed by atoms with Gasteiger partial charge in [-0.15, -0.1) is 0 Å². The number of benzene rings is 2. The second kappa shape index (κ2) is 5.10. The van der Waals surface area contributed by atoms with E-state index in [9.17, 15) is 0 Å². The zero-order valence-corrected chi connectivity index (χ0v) is 13.3. The topological polar surface area (TPSA) is 14.2 Å². The lowest BCUT2D eigenvalue weighted by atomic mass is 9.92. The molecule has 2 aromatic carbocycles. The number of aromatic nitrogens is 1. The minimum Gasteiger partial charge on any atom is -0.497 e. The van der Waals surface area contributed by atoms with Gasteiger partial charge in [0.15, 0.2) is 0 Å². The Hall–Kier alpha value is -1.96. The molecular formula is C19H23NO. The van der Waals surface area contributed by atoms with Gasteiger partial charge in [0.05, 0.1) is 12.6 Å². The van der Waals surface area contributed by atoms with E-state index in [1.807, 2.05) is 6.07 Å². The van der Waals surface area contributed by atoms with Gasteiger partial charge in [-0.3, -0.25) is 0 Å². The van der Waals surface area contributed by atoms with Crippen LogP contribution in [0.5, 0.6) is 5.75 Å². The molecule has 0 saturated carbocycles. The molecule has 2 heteroatoms. The molecule has 21 heavy (non-hydrogen) atoms. The Morgan fingerprint density at radius 1 is 0.952 bits per heavy atom. The van der Waals surface area contributed by atoms with E-state index in [-0.39, 0.29) is 0 Å². The van der Waals surface area contributed by atoms with Gasteiger partial charge in [-0.25, -0.2) is 0 Å². The number of nitrogens with zero attached hydrogens (tertiary/aromatic N) is 1. The van der Waals surface area contributed by atoms with Crippen LogP contribution in [0.2, 0.25) is 0 Å². The van der Waals surface area contributed by atoms with Crippen LogP contribution >= 0.6 is 0 Å². The molecule has 1 aromatic heterocycles. The van der Waals surface area contributed by atoms with E-state index in [2.05, 4.69) is 61.7 Å². The molecule has 0 radical (unpaired) electrons. The van der Waals surface area contributed by atoms with Crippen LogP contribution in [0.4, 0.5) is 0 Å². The van der Waals surface area contributed by atoms with Crippen LogP contribution in [-0.4, -0.2) is 11.7 Å². The van der Waals surface area contributed by atoms with Crippen molar-refractivity contribution in [2.75, 3.05) is 7.11 Å². The molecule has 0 atom stereocenters. The van der Waals surface area contributed by atoms with Crippen molar-refractivity contribution < 1.29 is 4.74 Å². The van der Waals surface area contributed by atoms with Gasteiger partial charge in [-0.2, -0.15) is 0 Å². The standard InChI is InChI=1S/C19H23NO/c1-19(2,3)11-12-20-17-8-6-5-7-15(17)16-10-9-14(21-4)13-18(16)20/h5-10,13H,11-12H2,1-4H3. The van der Waals surface area contributed by atoms with Gasteiger partial charge in [-0.1, -0.05) is 39.0 Å². The number of methoxy groups -OCH3 is 1. The average molecular weight is 281 g/mol. The van der Waals surface area contributed by atoms with E-state index in [1.165, 1.54) is 21.8 Å². The van der Waals surface area contributed by atoms with Crippen molar-refractivity contribution in [3.8, 4) is 5.75 Å². The Kier molecular flexibility index (Phi) is 3.40. The molecule has 1 heterocycles. The second-order valence-corrected chi connectivity index (χ2v) is 6.86. The lowest BCUT2D eigenvalue weighted by Gasteiger charge is -2.19. The number of fused-ring (bicyclic) bond motifs is 3. The molecule has 110 valence electrons.